The third-order valence-electron chi connectivity index (χ3n) is 2.82. The average Bonchev–Trinajstić information content (AvgIpc) is 2.34. The molecule has 0 fully saturated rings. The topological polar surface area (TPSA) is 49.5 Å². The number of nitrogens with two attached hydrogens (primary N) is 1. The minimum absolute atomic E-state index is 0.0575. The third-order valence-corrected chi connectivity index (χ3v) is 3.55. The van der Waals surface area contributed by atoms with Crippen molar-refractivity contribution in [2.45, 2.75) is 18.9 Å². The van der Waals surface area contributed by atoms with E-state index in [-0.39, 0.29) is 12.6 Å². The fourth-order valence-corrected chi connectivity index (χ4v) is 2.32. The van der Waals surface area contributed by atoms with Gasteiger partial charge in [0.1, 0.15) is 0 Å². The Balaban J connectivity index is 2.39. The summed E-state index contributed by atoms with van der Waals surface area (Å²) in [4.78, 5) is 2.20. The van der Waals surface area contributed by atoms with Crippen LogP contribution in [-0.4, -0.2) is 36.8 Å². The van der Waals surface area contributed by atoms with E-state index in [0.29, 0.717) is 0 Å². The molecule has 0 aliphatic rings. The van der Waals surface area contributed by atoms with Gasteiger partial charge >= 0.3 is 0 Å². The van der Waals surface area contributed by atoms with E-state index >= 15 is 0 Å². The second-order valence-corrected chi connectivity index (χ2v) is 5.15. The predicted octanol–water partition coefficient (Wildman–Crippen LogP) is 2.15. The van der Waals surface area contributed by atoms with Crippen molar-refractivity contribution in [3.63, 3.8) is 0 Å². The van der Waals surface area contributed by atoms with E-state index in [9.17, 15) is 0 Å². The van der Waals surface area contributed by atoms with Gasteiger partial charge in [0.25, 0.3) is 0 Å². The van der Waals surface area contributed by atoms with Gasteiger partial charge in [0.05, 0.1) is 0 Å². The summed E-state index contributed by atoms with van der Waals surface area (Å²) in [6.45, 7) is 2.11. The van der Waals surface area contributed by atoms with E-state index < -0.39 is 0 Å². The molecule has 0 aliphatic heterocycles. The van der Waals surface area contributed by atoms with Crippen LogP contribution in [-0.2, 0) is 0 Å². The van der Waals surface area contributed by atoms with Crippen molar-refractivity contribution in [1.82, 2.24) is 4.90 Å². The Morgan fingerprint density at radius 2 is 2.06 bits per heavy atom. The molecule has 0 amide bonds. The average molecular weight is 301 g/mol. The van der Waals surface area contributed by atoms with Crippen molar-refractivity contribution >= 4 is 15.9 Å². The van der Waals surface area contributed by atoms with Crippen molar-refractivity contribution in [1.29, 1.82) is 0 Å². The van der Waals surface area contributed by atoms with Crippen LogP contribution in [0.2, 0.25) is 0 Å². The largest absolute Gasteiger partial charge is 0.396 e. The zero-order chi connectivity index (χ0) is 12.7. The van der Waals surface area contributed by atoms with Gasteiger partial charge in [-0.3, -0.25) is 0 Å². The molecule has 0 bridgehead atoms. The van der Waals surface area contributed by atoms with Gasteiger partial charge in [-0.05, 0) is 38.1 Å². The molecule has 96 valence electrons. The summed E-state index contributed by atoms with van der Waals surface area (Å²) in [6, 6.07) is 8.14. The number of aliphatic hydroxyl groups excluding tert-OH is 1. The zero-order valence-corrected chi connectivity index (χ0v) is 11.9. The standard InChI is InChI=1S/C13H21BrN2O/c1-16(8-4-10-17)9-7-13(15)11-5-2-3-6-12(11)14/h2-3,5-6,13,17H,4,7-10,15H2,1H3. The number of aliphatic hydroxyl groups is 1. The highest BCUT2D eigenvalue weighted by molar-refractivity contribution is 9.10. The zero-order valence-electron chi connectivity index (χ0n) is 10.3. The molecule has 0 radical (unpaired) electrons. The molecule has 0 spiro atoms. The van der Waals surface area contributed by atoms with Gasteiger partial charge in [0, 0.05) is 23.7 Å². The molecule has 17 heavy (non-hydrogen) atoms. The summed E-state index contributed by atoms with van der Waals surface area (Å²) in [7, 11) is 2.06. The molecule has 0 heterocycles. The summed E-state index contributed by atoms with van der Waals surface area (Å²) in [5.74, 6) is 0. The second kappa shape index (κ2) is 7.82. The van der Waals surface area contributed by atoms with Gasteiger partial charge in [-0.2, -0.15) is 0 Å². The second-order valence-electron chi connectivity index (χ2n) is 4.30. The van der Waals surface area contributed by atoms with Crippen LogP contribution in [0.5, 0.6) is 0 Å². The summed E-state index contributed by atoms with van der Waals surface area (Å²) < 4.78 is 1.07. The minimum Gasteiger partial charge on any atom is -0.396 e. The lowest BCUT2D eigenvalue weighted by Gasteiger charge is -2.19. The van der Waals surface area contributed by atoms with Crippen LogP contribution in [0.4, 0.5) is 0 Å². The number of rotatable bonds is 7. The Hall–Kier alpha value is -0.420. The van der Waals surface area contributed by atoms with Crippen molar-refractivity contribution in [2.75, 3.05) is 26.7 Å². The number of hydrogen-bond acceptors (Lipinski definition) is 3. The van der Waals surface area contributed by atoms with Crippen molar-refractivity contribution in [3.05, 3.63) is 34.3 Å². The Morgan fingerprint density at radius 1 is 1.35 bits per heavy atom. The van der Waals surface area contributed by atoms with Gasteiger partial charge in [-0.1, -0.05) is 34.1 Å². The maximum atomic E-state index is 8.75. The molecule has 1 aromatic carbocycles. The lowest BCUT2D eigenvalue weighted by molar-refractivity contribution is 0.244. The van der Waals surface area contributed by atoms with E-state index in [4.69, 9.17) is 10.8 Å². The number of benzene rings is 1. The summed E-state index contributed by atoms with van der Waals surface area (Å²) in [5, 5.41) is 8.75. The Labute approximate surface area is 112 Å². The van der Waals surface area contributed by atoms with E-state index in [1.807, 2.05) is 18.2 Å². The van der Waals surface area contributed by atoms with Crippen LogP contribution in [0, 0.1) is 0 Å². The molecule has 1 rings (SSSR count). The van der Waals surface area contributed by atoms with Crippen molar-refractivity contribution < 1.29 is 5.11 Å². The lowest BCUT2D eigenvalue weighted by atomic mass is 10.0. The van der Waals surface area contributed by atoms with Crippen LogP contribution >= 0.6 is 15.9 Å². The van der Waals surface area contributed by atoms with Crippen LogP contribution in [0.25, 0.3) is 0 Å². The maximum Gasteiger partial charge on any atom is 0.0443 e. The number of halogens is 1. The van der Waals surface area contributed by atoms with Gasteiger partial charge in [0.2, 0.25) is 0 Å². The van der Waals surface area contributed by atoms with Gasteiger partial charge in [0.15, 0.2) is 0 Å². The normalized spacial score (nSPS) is 13.0. The van der Waals surface area contributed by atoms with E-state index in [2.05, 4.69) is 33.9 Å². The Bertz CT molecular complexity index is 333. The van der Waals surface area contributed by atoms with E-state index in [1.165, 1.54) is 0 Å². The molecular formula is C13H21BrN2O. The summed E-state index contributed by atoms with van der Waals surface area (Å²) in [5.41, 5.74) is 7.32. The van der Waals surface area contributed by atoms with Gasteiger partial charge < -0.3 is 15.7 Å². The van der Waals surface area contributed by atoms with Crippen LogP contribution in [0.3, 0.4) is 0 Å². The summed E-state index contributed by atoms with van der Waals surface area (Å²) in [6.07, 6.45) is 1.74. The molecule has 1 aromatic rings. The monoisotopic (exact) mass is 300 g/mol. The third kappa shape index (κ3) is 5.17. The van der Waals surface area contributed by atoms with Crippen LogP contribution < -0.4 is 5.73 Å². The molecule has 0 aliphatic carbocycles. The fraction of sp³-hybridized carbons (Fsp3) is 0.538. The van der Waals surface area contributed by atoms with Crippen LogP contribution in [0.1, 0.15) is 24.4 Å². The molecular weight excluding hydrogens is 280 g/mol. The highest BCUT2D eigenvalue weighted by Gasteiger charge is 2.10. The molecule has 0 aromatic heterocycles. The summed E-state index contributed by atoms with van der Waals surface area (Å²) >= 11 is 3.52. The molecule has 1 atom stereocenters. The van der Waals surface area contributed by atoms with Crippen molar-refractivity contribution in [2.24, 2.45) is 5.73 Å². The first-order chi connectivity index (χ1) is 8.15. The highest BCUT2D eigenvalue weighted by atomic mass is 79.9. The SMILES string of the molecule is CN(CCCO)CCC(N)c1ccccc1Br. The van der Waals surface area contributed by atoms with E-state index in [1.54, 1.807) is 0 Å². The number of hydrogen-bond donors (Lipinski definition) is 2. The first-order valence-electron chi connectivity index (χ1n) is 5.94. The minimum atomic E-state index is 0.0575. The molecule has 3 nitrogen and oxygen atoms in total. The molecule has 3 N–H and O–H groups in total. The number of nitrogens with zero attached hydrogens (tertiary/aromatic N) is 1. The lowest BCUT2D eigenvalue weighted by Crippen LogP contribution is -2.25. The van der Waals surface area contributed by atoms with Gasteiger partial charge in [-0.25, -0.2) is 0 Å². The molecule has 4 heteroatoms. The molecule has 1 unspecified atom stereocenters. The van der Waals surface area contributed by atoms with Gasteiger partial charge in [-0.15, -0.1) is 0 Å². The maximum absolute atomic E-state index is 8.75. The fourth-order valence-electron chi connectivity index (χ4n) is 1.74. The highest BCUT2D eigenvalue weighted by Crippen LogP contribution is 2.23. The van der Waals surface area contributed by atoms with E-state index in [0.717, 1.165) is 36.0 Å². The first kappa shape index (κ1) is 14.6. The predicted molar refractivity (Wildman–Crippen MR) is 74.9 cm³/mol. The van der Waals surface area contributed by atoms with Crippen LogP contribution in [0.15, 0.2) is 28.7 Å². The first-order valence-corrected chi connectivity index (χ1v) is 6.74. The quantitative estimate of drug-likeness (QED) is 0.811. The Morgan fingerprint density at radius 3 is 2.71 bits per heavy atom. The van der Waals surface area contributed by atoms with Crippen molar-refractivity contribution in [3.8, 4) is 0 Å². The molecule has 0 saturated heterocycles. The Kier molecular flexibility index (Phi) is 6.73. The smallest absolute Gasteiger partial charge is 0.0443 e. The molecule has 0 saturated carbocycles.